The first-order valence-electron chi connectivity index (χ1n) is 10.6. The van der Waals surface area contributed by atoms with Gasteiger partial charge in [-0.15, -0.1) is 0 Å². The van der Waals surface area contributed by atoms with Crippen LogP contribution in [0.4, 0.5) is 5.82 Å². The molecule has 11 heteroatoms. The van der Waals surface area contributed by atoms with E-state index in [0.29, 0.717) is 18.0 Å². The second-order valence-corrected chi connectivity index (χ2v) is 10.1. The zero-order chi connectivity index (χ0) is 23.2. The van der Waals surface area contributed by atoms with Gasteiger partial charge in [0.1, 0.15) is 23.7 Å². The summed E-state index contributed by atoms with van der Waals surface area (Å²) in [6.45, 7) is 2.96. The van der Waals surface area contributed by atoms with E-state index >= 15 is 0 Å². The fraction of sp³-hybridized carbons (Fsp3) is 0.364. The Morgan fingerprint density at radius 3 is 2.91 bits per heavy atom. The Bertz CT molecular complexity index is 1500. The summed E-state index contributed by atoms with van der Waals surface area (Å²) in [4.78, 5) is 9.41. The van der Waals surface area contributed by atoms with E-state index in [1.54, 1.807) is 29.2 Å². The smallest absolute Gasteiger partial charge is 0.230 e. The van der Waals surface area contributed by atoms with Gasteiger partial charge in [-0.2, -0.15) is 10.4 Å². The van der Waals surface area contributed by atoms with Gasteiger partial charge >= 0.3 is 0 Å². The second-order valence-electron chi connectivity index (χ2n) is 8.34. The molecule has 1 N–H and O–H groups in total. The summed E-state index contributed by atoms with van der Waals surface area (Å²) in [5, 5.41) is 14.6. The molecule has 0 aliphatic carbocycles. The van der Waals surface area contributed by atoms with Crippen molar-refractivity contribution < 1.29 is 13.2 Å². The van der Waals surface area contributed by atoms with Crippen molar-refractivity contribution in [2.45, 2.75) is 38.5 Å². The van der Waals surface area contributed by atoms with Crippen LogP contribution in [0, 0.1) is 11.3 Å². The Balaban J connectivity index is 1.70. The molecular weight excluding hydrogens is 442 g/mol. The Labute approximate surface area is 190 Å². The first-order chi connectivity index (χ1) is 15.8. The van der Waals surface area contributed by atoms with Gasteiger partial charge < -0.3 is 9.30 Å². The minimum Gasteiger partial charge on any atom is -0.378 e. The SMILES string of the molecule is C[C@@H]1C[C@H](n2c(Cn3nccc3NS(C)(=O)=O)nc3cnc4ccc(C#N)cc4c32)CCO1. The first kappa shape index (κ1) is 21.4. The van der Waals surface area contributed by atoms with E-state index in [9.17, 15) is 13.7 Å². The van der Waals surface area contributed by atoms with Crippen molar-refractivity contribution in [3.8, 4) is 6.07 Å². The predicted molar refractivity (Wildman–Crippen MR) is 123 cm³/mol. The molecule has 0 spiro atoms. The van der Waals surface area contributed by atoms with Gasteiger partial charge in [0.15, 0.2) is 0 Å². The van der Waals surface area contributed by atoms with Gasteiger partial charge in [0.05, 0.1) is 47.4 Å². The third-order valence-electron chi connectivity index (χ3n) is 5.84. The molecule has 4 heterocycles. The lowest BCUT2D eigenvalue weighted by atomic mass is 10.0. The zero-order valence-corrected chi connectivity index (χ0v) is 19.1. The Morgan fingerprint density at radius 1 is 1.30 bits per heavy atom. The van der Waals surface area contributed by atoms with E-state index in [1.165, 1.54) is 0 Å². The number of nitrogens with zero attached hydrogens (tertiary/aromatic N) is 6. The number of ether oxygens (including phenoxy) is 1. The zero-order valence-electron chi connectivity index (χ0n) is 18.3. The van der Waals surface area contributed by atoms with Crippen LogP contribution in [-0.4, -0.2) is 51.7 Å². The maximum Gasteiger partial charge on any atom is 0.230 e. The van der Waals surface area contributed by atoms with Crippen molar-refractivity contribution in [3.05, 3.63) is 48.0 Å². The summed E-state index contributed by atoms with van der Waals surface area (Å²) < 4.78 is 35.6. The summed E-state index contributed by atoms with van der Waals surface area (Å²) in [7, 11) is -3.46. The minimum atomic E-state index is -3.46. The molecule has 0 bridgehead atoms. The monoisotopic (exact) mass is 465 g/mol. The number of nitrogens with one attached hydrogen (secondary N) is 1. The van der Waals surface area contributed by atoms with E-state index in [1.807, 2.05) is 12.1 Å². The van der Waals surface area contributed by atoms with Crippen LogP contribution in [0.3, 0.4) is 0 Å². The van der Waals surface area contributed by atoms with E-state index in [-0.39, 0.29) is 18.7 Å². The molecule has 1 saturated heterocycles. The number of sulfonamides is 1. The molecular formula is C22H23N7O3S. The molecule has 2 atom stereocenters. The van der Waals surface area contributed by atoms with Gasteiger partial charge in [0.2, 0.25) is 10.0 Å². The van der Waals surface area contributed by atoms with Crippen molar-refractivity contribution in [2.24, 2.45) is 0 Å². The molecule has 0 saturated carbocycles. The predicted octanol–water partition coefficient (Wildman–Crippen LogP) is 2.81. The number of fused-ring (bicyclic) bond motifs is 3. The molecule has 1 aromatic carbocycles. The van der Waals surface area contributed by atoms with Crippen LogP contribution in [0.15, 0.2) is 36.7 Å². The lowest BCUT2D eigenvalue weighted by Crippen LogP contribution is -2.27. The van der Waals surface area contributed by atoms with Crippen LogP contribution < -0.4 is 4.72 Å². The topological polar surface area (TPSA) is 128 Å². The Morgan fingerprint density at radius 2 is 2.15 bits per heavy atom. The maximum absolute atomic E-state index is 11.8. The number of imidazole rings is 1. The summed E-state index contributed by atoms with van der Waals surface area (Å²) in [6.07, 6.45) is 6.13. The van der Waals surface area contributed by atoms with Gasteiger partial charge in [-0.05, 0) is 38.0 Å². The molecule has 1 aliphatic rings. The summed E-state index contributed by atoms with van der Waals surface area (Å²) >= 11 is 0. The number of hydrogen-bond donors (Lipinski definition) is 1. The molecule has 4 aromatic rings. The average Bonchev–Trinajstić information content (AvgIpc) is 3.36. The molecule has 10 nitrogen and oxygen atoms in total. The first-order valence-corrected chi connectivity index (χ1v) is 12.5. The molecule has 5 rings (SSSR count). The average molecular weight is 466 g/mol. The molecule has 3 aromatic heterocycles. The minimum absolute atomic E-state index is 0.101. The summed E-state index contributed by atoms with van der Waals surface area (Å²) in [5.41, 5.74) is 2.97. The second kappa shape index (κ2) is 8.13. The molecule has 0 radical (unpaired) electrons. The van der Waals surface area contributed by atoms with Gasteiger partial charge in [0.25, 0.3) is 0 Å². The van der Waals surface area contributed by atoms with Crippen molar-refractivity contribution in [2.75, 3.05) is 17.6 Å². The van der Waals surface area contributed by atoms with Gasteiger partial charge in [-0.25, -0.2) is 18.1 Å². The van der Waals surface area contributed by atoms with E-state index < -0.39 is 10.0 Å². The lowest BCUT2D eigenvalue weighted by Gasteiger charge is -2.30. The third-order valence-corrected chi connectivity index (χ3v) is 6.42. The molecule has 33 heavy (non-hydrogen) atoms. The van der Waals surface area contributed by atoms with Crippen molar-refractivity contribution in [1.82, 2.24) is 24.3 Å². The third kappa shape index (κ3) is 4.15. The Hall–Kier alpha value is -3.49. The van der Waals surface area contributed by atoms with Crippen molar-refractivity contribution in [1.29, 1.82) is 5.26 Å². The quantitative estimate of drug-likeness (QED) is 0.480. The highest BCUT2D eigenvalue weighted by atomic mass is 32.2. The van der Waals surface area contributed by atoms with Crippen LogP contribution >= 0.6 is 0 Å². The van der Waals surface area contributed by atoms with E-state index in [2.05, 4.69) is 32.4 Å². The fourth-order valence-electron chi connectivity index (χ4n) is 4.48. The number of benzene rings is 1. The highest BCUT2D eigenvalue weighted by Gasteiger charge is 2.27. The highest BCUT2D eigenvalue weighted by molar-refractivity contribution is 7.92. The maximum atomic E-state index is 11.8. The number of hydrogen-bond acceptors (Lipinski definition) is 7. The lowest BCUT2D eigenvalue weighted by molar-refractivity contribution is 0.00620. The molecule has 0 unspecified atom stereocenters. The standard InChI is InChI=1S/C22H23N7O3S/c1-14-9-16(6-8-32-14)29-21(13-28-20(5-7-25-28)27-33(2,30)31)26-19-12-24-18-4-3-15(11-23)10-17(18)22(19)29/h3-5,7,10,12,14,16,27H,6,8-9,13H2,1-2H3/t14-,16-/m1/s1. The molecule has 1 fully saturated rings. The number of anilines is 1. The van der Waals surface area contributed by atoms with Crippen LogP contribution in [-0.2, 0) is 21.3 Å². The molecule has 1 aliphatic heterocycles. The van der Waals surface area contributed by atoms with Crippen LogP contribution in [0.2, 0.25) is 0 Å². The normalized spacial score (nSPS) is 19.1. The van der Waals surface area contributed by atoms with Gasteiger partial charge in [0, 0.05) is 24.1 Å². The number of rotatable bonds is 5. The van der Waals surface area contributed by atoms with Crippen LogP contribution in [0.1, 0.15) is 37.2 Å². The number of nitriles is 1. The fourth-order valence-corrected chi connectivity index (χ4v) is 5.03. The number of aromatic nitrogens is 5. The molecule has 0 amide bonds. The van der Waals surface area contributed by atoms with Gasteiger partial charge in [-0.1, -0.05) is 0 Å². The highest BCUT2D eigenvalue weighted by Crippen LogP contribution is 2.34. The van der Waals surface area contributed by atoms with Gasteiger partial charge in [-0.3, -0.25) is 9.71 Å². The van der Waals surface area contributed by atoms with E-state index in [4.69, 9.17) is 9.72 Å². The Kier molecular flexibility index (Phi) is 5.26. The molecule has 170 valence electrons. The summed E-state index contributed by atoms with van der Waals surface area (Å²) in [5.74, 6) is 1.10. The number of pyridine rings is 1. The largest absolute Gasteiger partial charge is 0.378 e. The van der Waals surface area contributed by atoms with Crippen molar-refractivity contribution >= 4 is 37.8 Å². The van der Waals surface area contributed by atoms with E-state index in [0.717, 1.165) is 46.9 Å². The van der Waals surface area contributed by atoms with Crippen molar-refractivity contribution in [3.63, 3.8) is 0 Å². The van der Waals surface area contributed by atoms with Crippen LogP contribution in [0.25, 0.3) is 21.9 Å². The van der Waals surface area contributed by atoms with Crippen LogP contribution in [0.5, 0.6) is 0 Å². The summed E-state index contributed by atoms with van der Waals surface area (Å²) in [6, 6.07) is 9.40.